The number of hydrogen-bond acceptors (Lipinski definition) is 9. The van der Waals surface area contributed by atoms with Crippen molar-refractivity contribution in [2.24, 2.45) is 17.2 Å². The normalized spacial score (nSPS) is 13.3. The molecule has 0 radical (unpaired) electrons. The molecule has 11 N–H and O–H groups in total. The first kappa shape index (κ1) is 28.9. The van der Waals surface area contributed by atoms with Gasteiger partial charge in [0.25, 0.3) is 0 Å². The number of aromatic hydroxyl groups is 2. The van der Waals surface area contributed by atoms with Gasteiger partial charge < -0.3 is 47.5 Å². The van der Waals surface area contributed by atoms with Crippen LogP contribution in [0.15, 0.2) is 54.6 Å². The Balaban J connectivity index is 2.03. The molecule has 3 atom stereocenters. The first-order valence-electron chi connectivity index (χ1n) is 11.8. The summed E-state index contributed by atoms with van der Waals surface area (Å²) in [4.78, 5) is 33.5. The molecule has 0 amide bonds. The second-order valence-electron chi connectivity index (χ2n) is 9.03. The van der Waals surface area contributed by atoms with Gasteiger partial charge in [-0.05, 0) is 72.4 Å². The highest BCUT2D eigenvalue weighted by molar-refractivity contribution is 5.80. The number of ether oxygens (including phenoxy) is 1. The molecule has 0 saturated heterocycles. The van der Waals surface area contributed by atoms with Crippen LogP contribution >= 0.6 is 0 Å². The number of aliphatic carboxylic acids is 3. The number of carboxylic acid groups (broad SMARTS) is 3. The minimum atomic E-state index is -1.26. The van der Waals surface area contributed by atoms with Crippen LogP contribution < -0.4 is 21.9 Å². The third-order valence-corrected chi connectivity index (χ3v) is 5.96. The molecule has 0 fully saturated rings. The van der Waals surface area contributed by atoms with Gasteiger partial charge in [-0.1, -0.05) is 18.2 Å². The number of nitrogens with two attached hydrogens (primary N) is 3. The van der Waals surface area contributed by atoms with E-state index < -0.39 is 36.0 Å². The Morgan fingerprint density at radius 1 is 0.641 bits per heavy atom. The average molecular weight is 540 g/mol. The molecule has 3 aromatic carbocycles. The second kappa shape index (κ2) is 12.3. The molecular formula is C27H29N3O9. The lowest BCUT2D eigenvalue weighted by Crippen LogP contribution is -2.32. The molecule has 0 aliphatic carbocycles. The van der Waals surface area contributed by atoms with Crippen molar-refractivity contribution >= 4 is 17.9 Å². The molecule has 3 rings (SSSR count). The standard InChI is InChI=1S/C27H29N3O9/c28-19(25(33)34)9-13-1-4-16(5-2-13)39-23-12-15(11-21(30)27(37)38)8-18(24(23)32)17-7-14(3-6-22(17)31)10-20(29)26(35)36/h1-8,12,19-21,31-32H,9-11,28-30H2,(H,33,34)(H,35,36)(H,37,38). The molecule has 12 nitrogen and oxygen atoms in total. The Labute approximate surface area is 222 Å². The molecule has 0 saturated carbocycles. The summed E-state index contributed by atoms with van der Waals surface area (Å²) in [5, 5.41) is 49.1. The summed E-state index contributed by atoms with van der Waals surface area (Å²) in [6, 6.07) is 9.95. The van der Waals surface area contributed by atoms with Crippen LogP contribution in [-0.2, 0) is 33.6 Å². The van der Waals surface area contributed by atoms with Gasteiger partial charge in [-0.3, -0.25) is 14.4 Å². The van der Waals surface area contributed by atoms with Gasteiger partial charge in [-0.25, -0.2) is 0 Å². The lowest BCUT2D eigenvalue weighted by molar-refractivity contribution is -0.139. The minimum absolute atomic E-state index is 0.0474. The van der Waals surface area contributed by atoms with E-state index in [2.05, 4.69) is 0 Å². The predicted octanol–water partition coefficient (Wildman–Crippen LogP) is 1.42. The van der Waals surface area contributed by atoms with Crippen LogP contribution in [0.1, 0.15) is 16.7 Å². The maximum absolute atomic E-state index is 11.4. The Kier molecular flexibility index (Phi) is 9.09. The van der Waals surface area contributed by atoms with E-state index in [1.54, 1.807) is 24.3 Å². The SMILES string of the molecule is NC(Cc1ccc(Oc2cc(CC(N)C(=O)O)cc(-c3cc(CC(N)C(=O)O)ccc3O)c2O)cc1)C(=O)O. The third kappa shape index (κ3) is 7.45. The van der Waals surface area contributed by atoms with Gasteiger partial charge in [-0.2, -0.15) is 0 Å². The van der Waals surface area contributed by atoms with Crippen LogP contribution in [0.2, 0.25) is 0 Å². The van der Waals surface area contributed by atoms with Crippen LogP contribution in [0.5, 0.6) is 23.0 Å². The quantitative estimate of drug-likeness (QED) is 0.163. The van der Waals surface area contributed by atoms with E-state index in [1.165, 1.54) is 30.3 Å². The van der Waals surface area contributed by atoms with Crippen molar-refractivity contribution < 1.29 is 44.7 Å². The number of hydrogen-bond donors (Lipinski definition) is 8. The molecule has 0 aliphatic heterocycles. The van der Waals surface area contributed by atoms with Gasteiger partial charge in [0, 0.05) is 11.1 Å². The molecule has 12 heteroatoms. The van der Waals surface area contributed by atoms with Crippen molar-refractivity contribution in [1.29, 1.82) is 0 Å². The lowest BCUT2D eigenvalue weighted by Gasteiger charge is -2.17. The maximum atomic E-state index is 11.4. The summed E-state index contributed by atoms with van der Waals surface area (Å²) in [6.45, 7) is 0. The van der Waals surface area contributed by atoms with Crippen molar-refractivity contribution in [3.63, 3.8) is 0 Å². The van der Waals surface area contributed by atoms with Gasteiger partial charge in [0.15, 0.2) is 11.5 Å². The summed E-state index contributed by atoms with van der Waals surface area (Å²) in [6.07, 6.45) is -0.0851. The largest absolute Gasteiger partial charge is 0.507 e. The van der Waals surface area contributed by atoms with Gasteiger partial charge >= 0.3 is 17.9 Å². The summed E-state index contributed by atoms with van der Waals surface area (Å²) in [7, 11) is 0. The number of rotatable bonds is 12. The van der Waals surface area contributed by atoms with Gasteiger partial charge in [0.1, 0.15) is 29.6 Å². The van der Waals surface area contributed by atoms with Crippen LogP contribution in [0.4, 0.5) is 0 Å². The summed E-state index contributed by atoms with van der Waals surface area (Å²) in [5.74, 6) is -3.99. The number of carbonyl (C=O) groups is 3. The van der Waals surface area contributed by atoms with E-state index in [0.29, 0.717) is 16.7 Å². The van der Waals surface area contributed by atoms with E-state index in [9.17, 15) is 29.7 Å². The fourth-order valence-corrected chi connectivity index (χ4v) is 3.84. The summed E-state index contributed by atoms with van der Waals surface area (Å²) >= 11 is 0. The topological polar surface area (TPSA) is 240 Å². The summed E-state index contributed by atoms with van der Waals surface area (Å²) in [5.41, 5.74) is 18.6. The van der Waals surface area contributed by atoms with Crippen molar-refractivity contribution in [2.45, 2.75) is 37.4 Å². The Morgan fingerprint density at radius 3 is 1.64 bits per heavy atom. The number of benzene rings is 3. The predicted molar refractivity (Wildman–Crippen MR) is 140 cm³/mol. The minimum Gasteiger partial charge on any atom is -0.507 e. The molecule has 3 unspecified atom stereocenters. The molecule has 0 aromatic heterocycles. The Bertz CT molecular complexity index is 1380. The van der Waals surface area contributed by atoms with Crippen molar-refractivity contribution in [1.82, 2.24) is 0 Å². The van der Waals surface area contributed by atoms with Gasteiger partial charge in [0.2, 0.25) is 0 Å². The fraction of sp³-hybridized carbons (Fsp3) is 0.222. The average Bonchev–Trinajstić information content (AvgIpc) is 2.87. The maximum Gasteiger partial charge on any atom is 0.320 e. The van der Waals surface area contributed by atoms with E-state index in [-0.39, 0.29) is 53.4 Å². The van der Waals surface area contributed by atoms with Crippen molar-refractivity contribution in [3.05, 3.63) is 71.3 Å². The zero-order valence-corrected chi connectivity index (χ0v) is 20.7. The van der Waals surface area contributed by atoms with Gasteiger partial charge in [-0.15, -0.1) is 0 Å². The van der Waals surface area contributed by atoms with E-state index in [1.807, 2.05) is 0 Å². The number of carboxylic acids is 3. The second-order valence-corrected chi connectivity index (χ2v) is 9.03. The Morgan fingerprint density at radius 2 is 1.10 bits per heavy atom. The van der Waals surface area contributed by atoms with Crippen LogP contribution in [-0.4, -0.2) is 61.6 Å². The smallest absolute Gasteiger partial charge is 0.320 e. The highest BCUT2D eigenvalue weighted by Crippen LogP contribution is 2.44. The molecule has 0 bridgehead atoms. The lowest BCUT2D eigenvalue weighted by atomic mass is 9.94. The van der Waals surface area contributed by atoms with Crippen LogP contribution in [0.3, 0.4) is 0 Å². The molecular weight excluding hydrogens is 510 g/mol. The fourth-order valence-electron chi connectivity index (χ4n) is 3.84. The highest BCUT2D eigenvalue weighted by atomic mass is 16.5. The van der Waals surface area contributed by atoms with Gasteiger partial charge in [0.05, 0.1) is 0 Å². The molecule has 39 heavy (non-hydrogen) atoms. The van der Waals surface area contributed by atoms with E-state index >= 15 is 0 Å². The van der Waals surface area contributed by atoms with Crippen LogP contribution in [0.25, 0.3) is 11.1 Å². The highest BCUT2D eigenvalue weighted by Gasteiger charge is 2.21. The zero-order valence-electron chi connectivity index (χ0n) is 20.7. The monoisotopic (exact) mass is 539 g/mol. The zero-order chi connectivity index (χ0) is 28.9. The van der Waals surface area contributed by atoms with Crippen molar-refractivity contribution in [3.8, 4) is 34.1 Å². The first-order chi connectivity index (χ1) is 18.3. The first-order valence-corrected chi connectivity index (χ1v) is 11.8. The molecule has 0 spiro atoms. The molecule has 0 aliphatic rings. The third-order valence-electron chi connectivity index (χ3n) is 5.96. The number of phenols is 2. The van der Waals surface area contributed by atoms with Crippen LogP contribution in [0, 0.1) is 0 Å². The molecule has 0 heterocycles. The Hall–Kier alpha value is -4.65. The molecule has 3 aromatic rings. The van der Waals surface area contributed by atoms with E-state index in [4.69, 9.17) is 32.2 Å². The summed E-state index contributed by atoms with van der Waals surface area (Å²) < 4.78 is 5.86. The molecule has 206 valence electrons. The number of phenolic OH excluding ortho intramolecular Hbond substituents is 2. The van der Waals surface area contributed by atoms with Crippen molar-refractivity contribution in [2.75, 3.05) is 0 Å². The van der Waals surface area contributed by atoms with E-state index in [0.717, 1.165) is 0 Å².